The fourth-order valence-corrected chi connectivity index (χ4v) is 2.49. The fourth-order valence-electron chi connectivity index (χ4n) is 2.49. The summed E-state index contributed by atoms with van der Waals surface area (Å²) in [7, 11) is 0. The van der Waals surface area contributed by atoms with Gasteiger partial charge in [0.25, 0.3) is 0 Å². The molecule has 0 aromatic heterocycles. The van der Waals surface area contributed by atoms with Crippen LogP contribution in [0.2, 0.25) is 0 Å². The molecule has 3 heteroatoms. The second-order valence-corrected chi connectivity index (χ2v) is 7.42. The average Bonchev–Trinajstić information content (AvgIpc) is 2.67. The number of rotatable bonds is 16. The molecule has 1 atom stereocenters. The Morgan fingerprint density at radius 3 is 2.04 bits per heavy atom. The minimum Gasteiger partial charge on any atom is -0.388 e. The predicted molar refractivity (Wildman–Crippen MR) is 122 cm³/mol. The van der Waals surface area contributed by atoms with Crippen molar-refractivity contribution in [2.75, 3.05) is 6.54 Å². The SMILES string of the molecule is CCCCC=CC=CC=CC=CCCC=CC(=O)NCC(C)(O)CCCCC. The summed E-state index contributed by atoms with van der Waals surface area (Å²) in [5.41, 5.74) is -0.826. The van der Waals surface area contributed by atoms with E-state index in [1.165, 1.54) is 12.8 Å². The molecule has 3 nitrogen and oxygen atoms in total. The molecule has 2 N–H and O–H groups in total. The van der Waals surface area contributed by atoms with Gasteiger partial charge in [-0.25, -0.2) is 0 Å². The zero-order valence-electron chi connectivity index (χ0n) is 18.2. The number of carbonyl (C=O) groups excluding carboxylic acids is 1. The Bertz CT molecular complexity index is 525. The molecule has 0 rings (SSSR count). The predicted octanol–water partition coefficient (Wildman–Crippen LogP) is 6.19. The highest BCUT2D eigenvalue weighted by Crippen LogP contribution is 2.13. The average molecular weight is 388 g/mol. The summed E-state index contributed by atoms with van der Waals surface area (Å²) in [6, 6.07) is 0. The van der Waals surface area contributed by atoms with E-state index in [2.05, 4.69) is 37.4 Å². The van der Waals surface area contributed by atoms with Crippen LogP contribution in [0.5, 0.6) is 0 Å². The van der Waals surface area contributed by atoms with Crippen molar-refractivity contribution in [2.24, 2.45) is 0 Å². The Morgan fingerprint density at radius 1 is 0.821 bits per heavy atom. The van der Waals surface area contributed by atoms with Crippen LogP contribution in [-0.4, -0.2) is 23.2 Å². The van der Waals surface area contributed by atoms with Gasteiger partial charge in [0, 0.05) is 6.54 Å². The Hall–Kier alpha value is -1.87. The summed E-state index contributed by atoms with van der Waals surface area (Å²) in [4.78, 5) is 11.8. The third-order valence-electron chi connectivity index (χ3n) is 4.28. The van der Waals surface area contributed by atoms with E-state index in [1.54, 1.807) is 13.0 Å². The van der Waals surface area contributed by atoms with Crippen molar-refractivity contribution in [1.82, 2.24) is 5.32 Å². The van der Waals surface area contributed by atoms with E-state index in [0.29, 0.717) is 13.0 Å². The van der Waals surface area contributed by atoms with Crippen molar-refractivity contribution in [3.05, 3.63) is 60.8 Å². The largest absolute Gasteiger partial charge is 0.388 e. The fraction of sp³-hybridized carbons (Fsp3) is 0.560. The van der Waals surface area contributed by atoms with Crippen LogP contribution in [0, 0.1) is 0 Å². The van der Waals surface area contributed by atoms with Crippen molar-refractivity contribution in [1.29, 1.82) is 0 Å². The van der Waals surface area contributed by atoms with Gasteiger partial charge in [0.1, 0.15) is 0 Å². The quantitative estimate of drug-likeness (QED) is 0.189. The minimum atomic E-state index is -0.826. The smallest absolute Gasteiger partial charge is 0.243 e. The topological polar surface area (TPSA) is 49.3 Å². The van der Waals surface area contributed by atoms with Crippen molar-refractivity contribution >= 4 is 5.91 Å². The Labute approximate surface area is 173 Å². The molecule has 0 aliphatic rings. The van der Waals surface area contributed by atoms with E-state index in [-0.39, 0.29) is 5.91 Å². The first-order chi connectivity index (χ1) is 13.5. The molecule has 0 aliphatic carbocycles. The standard InChI is InChI=1S/C25H41NO2/c1-4-6-8-9-10-11-12-13-14-15-16-17-18-19-21-24(27)26-23-25(3,28)22-20-7-5-2/h9-16,19,21,28H,4-8,17-18,20,22-23H2,1-3H3,(H,26,27). The second kappa shape index (κ2) is 18.5. The van der Waals surface area contributed by atoms with Gasteiger partial charge in [-0.15, -0.1) is 0 Å². The van der Waals surface area contributed by atoms with E-state index in [4.69, 9.17) is 0 Å². The highest BCUT2D eigenvalue weighted by Gasteiger charge is 2.19. The Balaban J connectivity index is 3.83. The van der Waals surface area contributed by atoms with Gasteiger partial charge in [0.05, 0.1) is 5.60 Å². The summed E-state index contributed by atoms with van der Waals surface area (Å²) in [5, 5.41) is 13.0. The van der Waals surface area contributed by atoms with Crippen LogP contribution in [0.4, 0.5) is 0 Å². The lowest BCUT2D eigenvalue weighted by Gasteiger charge is -2.23. The maximum atomic E-state index is 11.8. The first-order valence-electron chi connectivity index (χ1n) is 10.8. The molecule has 28 heavy (non-hydrogen) atoms. The third kappa shape index (κ3) is 18.9. The molecule has 0 saturated heterocycles. The number of nitrogens with one attached hydrogen (secondary N) is 1. The zero-order valence-corrected chi connectivity index (χ0v) is 18.2. The summed E-state index contributed by atoms with van der Waals surface area (Å²) < 4.78 is 0. The maximum absolute atomic E-state index is 11.8. The van der Waals surface area contributed by atoms with Crippen molar-refractivity contribution < 1.29 is 9.90 Å². The van der Waals surface area contributed by atoms with Crippen molar-refractivity contribution in [2.45, 2.75) is 84.2 Å². The molecule has 0 aromatic rings. The molecule has 0 bridgehead atoms. The van der Waals surface area contributed by atoms with Crippen LogP contribution >= 0.6 is 0 Å². The molecule has 0 aliphatic heterocycles. The number of aliphatic hydroxyl groups is 1. The summed E-state index contributed by atoms with van der Waals surface area (Å²) in [6.45, 7) is 6.41. The Kier molecular flexibility index (Phi) is 17.3. The van der Waals surface area contributed by atoms with Gasteiger partial charge in [-0.1, -0.05) is 101 Å². The normalized spacial score (nSPS) is 14.9. The lowest BCUT2D eigenvalue weighted by molar-refractivity contribution is -0.117. The first kappa shape index (κ1) is 26.1. The van der Waals surface area contributed by atoms with Crippen LogP contribution < -0.4 is 5.32 Å². The monoisotopic (exact) mass is 387 g/mol. The van der Waals surface area contributed by atoms with Crippen molar-refractivity contribution in [3.8, 4) is 0 Å². The van der Waals surface area contributed by atoms with Crippen LogP contribution in [0.1, 0.15) is 78.6 Å². The van der Waals surface area contributed by atoms with Gasteiger partial charge in [-0.3, -0.25) is 4.79 Å². The molecule has 158 valence electrons. The molecular formula is C25H41NO2. The minimum absolute atomic E-state index is 0.142. The molecular weight excluding hydrogens is 346 g/mol. The van der Waals surface area contributed by atoms with Gasteiger partial charge in [0.15, 0.2) is 0 Å². The molecule has 1 amide bonds. The van der Waals surface area contributed by atoms with Gasteiger partial charge in [-0.2, -0.15) is 0 Å². The van der Waals surface area contributed by atoms with Crippen molar-refractivity contribution in [3.63, 3.8) is 0 Å². The molecule has 0 fully saturated rings. The van der Waals surface area contributed by atoms with E-state index in [0.717, 1.165) is 38.5 Å². The molecule has 0 spiro atoms. The maximum Gasteiger partial charge on any atom is 0.243 e. The van der Waals surface area contributed by atoms with Gasteiger partial charge < -0.3 is 10.4 Å². The van der Waals surface area contributed by atoms with Gasteiger partial charge >= 0.3 is 0 Å². The lowest BCUT2D eigenvalue weighted by Crippen LogP contribution is -2.40. The van der Waals surface area contributed by atoms with Crippen LogP contribution in [0.15, 0.2) is 60.8 Å². The zero-order chi connectivity index (χ0) is 20.9. The van der Waals surface area contributed by atoms with E-state index < -0.39 is 5.60 Å². The number of allylic oxidation sites excluding steroid dienone is 9. The van der Waals surface area contributed by atoms with Gasteiger partial charge in [-0.05, 0) is 38.7 Å². The second-order valence-electron chi connectivity index (χ2n) is 7.42. The third-order valence-corrected chi connectivity index (χ3v) is 4.28. The summed E-state index contributed by atoms with van der Waals surface area (Å²) in [6.07, 6.45) is 29.2. The number of amides is 1. The van der Waals surface area contributed by atoms with E-state index >= 15 is 0 Å². The number of hydrogen-bond acceptors (Lipinski definition) is 2. The highest BCUT2D eigenvalue weighted by atomic mass is 16.3. The summed E-state index contributed by atoms with van der Waals surface area (Å²) in [5.74, 6) is -0.142. The molecule has 0 aromatic carbocycles. The Morgan fingerprint density at radius 2 is 1.39 bits per heavy atom. The summed E-state index contributed by atoms with van der Waals surface area (Å²) >= 11 is 0. The van der Waals surface area contributed by atoms with E-state index in [1.807, 2.05) is 36.5 Å². The van der Waals surface area contributed by atoms with Crippen LogP contribution in [-0.2, 0) is 4.79 Å². The van der Waals surface area contributed by atoms with Crippen LogP contribution in [0.3, 0.4) is 0 Å². The lowest BCUT2D eigenvalue weighted by atomic mass is 9.98. The highest BCUT2D eigenvalue weighted by molar-refractivity contribution is 5.87. The number of carbonyl (C=O) groups is 1. The first-order valence-corrected chi connectivity index (χ1v) is 10.8. The van der Waals surface area contributed by atoms with Crippen LogP contribution in [0.25, 0.3) is 0 Å². The number of hydrogen-bond donors (Lipinski definition) is 2. The van der Waals surface area contributed by atoms with E-state index in [9.17, 15) is 9.90 Å². The molecule has 0 heterocycles. The molecule has 1 unspecified atom stereocenters. The number of unbranched alkanes of at least 4 members (excludes halogenated alkanes) is 5. The molecule has 0 radical (unpaired) electrons. The van der Waals surface area contributed by atoms with Gasteiger partial charge in [0.2, 0.25) is 5.91 Å². The molecule has 0 saturated carbocycles.